The summed E-state index contributed by atoms with van der Waals surface area (Å²) in [7, 11) is 0. The SMILES string of the molecule is CC1CN(C(=O)C2CCCC(N)C2)CC(c2ccsc2)O1. The lowest BCUT2D eigenvalue weighted by atomic mass is 9.85. The van der Waals surface area contributed by atoms with Crippen LogP contribution in [0.1, 0.15) is 44.3 Å². The van der Waals surface area contributed by atoms with Gasteiger partial charge < -0.3 is 15.4 Å². The van der Waals surface area contributed by atoms with E-state index in [4.69, 9.17) is 10.5 Å². The van der Waals surface area contributed by atoms with E-state index >= 15 is 0 Å². The van der Waals surface area contributed by atoms with Gasteiger partial charge in [0.1, 0.15) is 6.10 Å². The van der Waals surface area contributed by atoms with Gasteiger partial charge in [-0.15, -0.1) is 0 Å². The molecule has 4 unspecified atom stereocenters. The Morgan fingerprint density at radius 1 is 1.43 bits per heavy atom. The third-order valence-electron chi connectivity index (χ3n) is 4.55. The van der Waals surface area contributed by atoms with Gasteiger partial charge in [0.25, 0.3) is 0 Å². The maximum atomic E-state index is 12.8. The van der Waals surface area contributed by atoms with E-state index in [-0.39, 0.29) is 30.1 Å². The minimum absolute atomic E-state index is 0.0150. The van der Waals surface area contributed by atoms with Crippen LogP contribution in [0.25, 0.3) is 0 Å². The number of hydrogen-bond acceptors (Lipinski definition) is 4. The van der Waals surface area contributed by atoms with Crippen LogP contribution in [0.3, 0.4) is 0 Å². The number of carbonyl (C=O) groups is 1. The molecule has 0 radical (unpaired) electrons. The molecule has 116 valence electrons. The molecule has 1 amide bonds. The van der Waals surface area contributed by atoms with E-state index in [1.165, 1.54) is 5.56 Å². The van der Waals surface area contributed by atoms with Crippen molar-refractivity contribution in [2.45, 2.75) is 50.9 Å². The molecule has 0 aromatic carbocycles. The van der Waals surface area contributed by atoms with Crippen LogP contribution in [0.15, 0.2) is 16.8 Å². The predicted octanol–water partition coefficient (Wildman–Crippen LogP) is 2.55. The minimum Gasteiger partial charge on any atom is -0.367 e. The minimum atomic E-state index is 0.0150. The second-order valence-corrected chi connectivity index (χ2v) is 7.14. The van der Waals surface area contributed by atoms with Crippen molar-refractivity contribution in [2.24, 2.45) is 11.7 Å². The normalized spacial score (nSPS) is 33.9. The maximum Gasteiger partial charge on any atom is 0.225 e. The zero-order valence-electron chi connectivity index (χ0n) is 12.5. The fourth-order valence-corrected chi connectivity index (χ4v) is 4.19. The Bertz CT molecular complexity index is 477. The Kier molecular flexibility index (Phi) is 4.62. The van der Waals surface area contributed by atoms with Crippen molar-refractivity contribution in [3.63, 3.8) is 0 Å². The Labute approximate surface area is 130 Å². The average Bonchev–Trinajstić information content (AvgIpc) is 3.00. The summed E-state index contributed by atoms with van der Waals surface area (Å²) in [5, 5.41) is 4.17. The smallest absolute Gasteiger partial charge is 0.225 e. The molecule has 1 saturated carbocycles. The first kappa shape index (κ1) is 15.0. The first-order valence-electron chi connectivity index (χ1n) is 7.85. The van der Waals surface area contributed by atoms with Crippen molar-refractivity contribution in [1.82, 2.24) is 4.90 Å². The fourth-order valence-electron chi connectivity index (χ4n) is 3.48. The predicted molar refractivity (Wildman–Crippen MR) is 84.1 cm³/mol. The van der Waals surface area contributed by atoms with Gasteiger partial charge in [0.05, 0.1) is 12.6 Å². The number of rotatable bonds is 2. The summed E-state index contributed by atoms with van der Waals surface area (Å²) in [5.74, 6) is 0.391. The van der Waals surface area contributed by atoms with Gasteiger partial charge in [-0.05, 0) is 48.6 Å². The molecule has 4 atom stereocenters. The van der Waals surface area contributed by atoms with Gasteiger partial charge in [0.2, 0.25) is 5.91 Å². The molecule has 2 N–H and O–H groups in total. The summed E-state index contributed by atoms with van der Waals surface area (Å²) in [6.45, 7) is 3.42. The number of nitrogens with zero attached hydrogens (tertiary/aromatic N) is 1. The van der Waals surface area contributed by atoms with E-state index in [0.29, 0.717) is 13.1 Å². The molecular formula is C16H24N2O2S. The highest BCUT2D eigenvalue weighted by Gasteiger charge is 2.34. The molecule has 5 heteroatoms. The van der Waals surface area contributed by atoms with Crippen LogP contribution in [-0.4, -0.2) is 36.0 Å². The van der Waals surface area contributed by atoms with Gasteiger partial charge in [0, 0.05) is 18.5 Å². The van der Waals surface area contributed by atoms with Gasteiger partial charge in [-0.1, -0.05) is 6.42 Å². The Morgan fingerprint density at radius 3 is 3.00 bits per heavy atom. The van der Waals surface area contributed by atoms with Crippen LogP contribution < -0.4 is 5.73 Å². The molecule has 1 aromatic rings. The standard InChI is InChI=1S/C16H24N2O2S/c1-11-8-18(9-15(20-11)13-5-6-21-10-13)16(19)12-3-2-4-14(17)7-12/h5-6,10-12,14-15H,2-4,7-9,17H2,1H3. The number of morpholine rings is 1. The fraction of sp³-hybridized carbons (Fsp3) is 0.688. The van der Waals surface area contributed by atoms with E-state index in [2.05, 4.69) is 16.8 Å². The van der Waals surface area contributed by atoms with Gasteiger partial charge in [0.15, 0.2) is 0 Å². The Morgan fingerprint density at radius 2 is 2.29 bits per heavy atom. The van der Waals surface area contributed by atoms with Gasteiger partial charge >= 0.3 is 0 Å². The molecule has 4 nitrogen and oxygen atoms in total. The van der Waals surface area contributed by atoms with E-state index < -0.39 is 0 Å². The maximum absolute atomic E-state index is 12.8. The molecular weight excluding hydrogens is 284 g/mol. The summed E-state index contributed by atoms with van der Waals surface area (Å²) in [5.41, 5.74) is 7.22. The van der Waals surface area contributed by atoms with Gasteiger partial charge in [-0.3, -0.25) is 4.79 Å². The van der Waals surface area contributed by atoms with Gasteiger partial charge in [-0.25, -0.2) is 0 Å². The van der Waals surface area contributed by atoms with Crippen LogP contribution in [0.4, 0.5) is 0 Å². The molecule has 2 aliphatic rings. The van der Waals surface area contributed by atoms with Crippen molar-refractivity contribution < 1.29 is 9.53 Å². The number of nitrogens with two attached hydrogens (primary N) is 1. The number of ether oxygens (including phenoxy) is 1. The second kappa shape index (κ2) is 6.46. The molecule has 1 aromatic heterocycles. The summed E-state index contributed by atoms with van der Waals surface area (Å²) in [6, 6.07) is 2.28. The van der Waals surface area contributed by atoms with Crippen molar-refractivity contribution in [1.29, 1.82) is 0 Å². The lowest BCUT2D eigenvalue weighted by molar-refractivity contribution is -0.150. The zero-order valence-corrected chi connectivity index (χ0v) is 13.3. The third-order valence-corrected chi connectivity index (χ3v) is 5.25. The van der Waals surface area contributed by atoms with Crippen molar-refractivity contribution in [3.05, 3.63) is 22.4 Å². The Hall–Kier alpha value is -0.910. The number of carbonyl (C=O) groups excluding carboxylic acids is 1. The lowest BCUT2D eigenvalue weighted by Crippen LogP contribution is -2.49. The summed E-state index contributed by atoms with van der Waals surface area (Å²) < 4.78 is 6.01. The van der Waals surface area contributed by atoms with Crippen LogP contribution in [0, 0.1) is 5.92 Å². The molecule has 1 aliphatic carbocycles. The van der Waals surface area contributed by atoms with Gasteiger partial charge in [-0.2, -0.15) is 11.3 Å². The molecule has 0 bridgehead atoms. The summed E-state index contributed by atoms with van der Waals surface area (Å²) in [4.78, 5) is 14.8. The van der Waals surface area contributed by atoms with Crippen molar-refractivity contribution in [3.8, 4) is 0 Å². The van der Waals surface area contributed by atoms with Crippen LogP contribution in [0.2, 0.25) is 0 Å². The molecule has 2 heterocycles. The zero-order chi connectivity index (χ0) is 14.8. The molecule has 1 aliphatic heterocycles. The average molecular weight is 308 g/mol. The Balaban J connectivity index is 1.67. The van der Waals surface area contributed by atoms with Crippen molar-refractivity contribution >= 4 is 17.2 Å². The van der Waals surface area contributed by atoms with Crippen LogP contribution in [0.5, 0.6) is 0 Å². The van der Waals surface area contributed by atoms with Crippen LogP contribution >= 0.6 is 11.3 Å². The monoisotopic (exact) mass is 308 g/mol. The van der Waals surface area contributed by atoms with E-state index in [1.54, 1.807) is 11.3 Å². The topological polar surface area (TPSA) is 55.6 Å². The number of thiophene rings is 1. The van der Waals surface area contributed by atoms with E-state index in [0.717, 1.165) is 25.7 Å². The van der Waals surface area contributed by atoms with Crippen LogP contribution in [-0.2, 0) is 9.53 Å². The molecule has 0 spiro atoms. The third kappa shape index (κ3) is 3.47. The van der Waals surface area contributed by atoms with E-state index in [1.807, 2.05) is 11.8 Å². The summed E-state index contributed by atoms with van der Waals surface area (Å²) in [6.07, 6.45) is 4.06. The highest BCUT2D eigenvalue weighted by Crippen LogP contribution is 2.30. The van der Waals surface area contributed by atoms with Crippen molar-refractivity contribution in [2.75, 3.05) is 13.1 Å². The first-order valence-corrected chi connectivity index (χ1v) is 8.79. The number of amides is 1. The molecule has 2 fully saturated rings. The highest BCUT2D eigenvalue weighted by molar-refractivity contribution is 7.07. The van der Waals surface area contributed by atoms with E-state index in [9.17, 15) is 4.79 Å². The molecule has 21 heavy (non-hydrogen) atoms. The number of hydrogen-bond donors (Lipinski definition) is 1. The molecule has 1 saturated heterocycles. The largest absolute Gasteiger partial charge is 0.367 e. The highest BCUT2D eigenvalue weighted by atomic mass is 32.1. The summed E-state index contributed by atoms with van der Waals surface area (Å²) >= 11 is 1.67. The first-order chi connectivity index (χ1) is 10.1. The lowest BCUT2D eigenvalue weighted by Gasteiger charge is -2.39. The molecule has 3 rings (SSSR count). The second-order valence-electron chi connectivity index (χ2n) is 6.36. The quantitative estimate of drug-likeness (QED) is 0.913.